The molecule has 8 aromatic carbocycles. The van der Waals surface area contributed by atoms with Gasteiger partial charge in [-0.3, -0.25) is 0 Å². The molecule has 1 heteroatoms. The van der Waals surface area contributed by atoms with Crippen LogP contribution in [0, 0.1) is 0 Å². The average Bonchev–Trinajstić information content (AvgIpc) is 3.68. The van der Waals surface area contributed by atoms with Gasteiger partial charge in [-0.25, -0.2) is 0 Å². The Hall–Kier alpha value is -5.66. The summed E-state index contributed by atoms with van der Waals surface area (Å²) >= 11 is 0. The Balaban J connectivity index is 1.72. The third-order valence-corrected chi connectivity index (χ3v) is 7.31. The first kappa shape index (κ1) is 11.2. The van der Waals surface area contributed by atoms with Crippen LogP contribution in [0.2, 0.25) is 0 Å². The molecule has 0 unspecified atom stereocenters. The molecular weight excluding hydrogens is 520 g/mol. The molecule has 0 radical (unpaired) electrons. The maximum atomic E-state index is 9.98. The molecule has 0 spiro atoms. The van der Waals surface area contributed by atoms with Crippen LogP contribution in [0.1, 0.15) is 28.8 Å². The Bertz CT molecular complexity index is 3660. The Labute approximate surface area is 278 Å². The number of rotatable bonds is 3. The van der Waals surface area contributed by atoms with Gasteiger partial charge in [0.25, 0.3) is 0 Å². The van der Waals surface area contributed by atoms with E-state index in [1.165, 1.54) is 12.1 Å². The van der Waals surface area contributed by atoms with E-state index in [-0.39, 0.29) is 21.9 Å². The smallest absolute Gasteiger partial charge is 0.143 e. The Morgan fingerprint density at radius 1 is 0.419 bits per heavy atom. The molecule has 0 aliphatic heterocycles. The summed E-state index contributed by atoms with van der Waals surface area (Å²) in [5.74, 6) is 0. The van der Waals surface area contributed by atoms with Crippen molar-refractivity contribution >= 4 is 54.3 Å². The van der Waals surface area contributed by atoms with Crippen LogP contribution in [0.25, 0.3) is 87.6 Å². The summed E-state index contributed by atoms with van der Waals surface area (Å²) in [7, 11) is 0. The van der Waals surface area contributed by atoms with Crippen molar-refractivity contribution in [3.05, 3.63) is 157 Å². The second kappa shape index (κ2) is 9.44. The highest BCUT2D eigenvalue weighted by atomic mass is 16.3. The third kappa shape index (κ3) is 3.65. The van der Waals surface area contributed by atoms with E-state index >= 15 is 0 Å². The van der Waals surface area contributed by atoms with Crippen LogP contribution in [-0.4, -0.2) is 0 Å². The molecule has 0 amide bonds. The van der Waals surface area contributed by atoms with E-state index in [4.69, 9.17) is 23.6 Å². The first-order chi connectivity index (χ1) is 30.1. The second-order valence-corrected chi connectivity index (χ2v) is 9.63. The molecule has 0 saturated heterocycles. The van der Waals surface area contributed by atoms with Crippen molar-refractivity contribution in [2.45, 2.75) is 0 Å². The van der Waals surface area contributed by atoms with Gasteiger partial charge in [0.15, 0.2) is 0 Å². The monoisotopic (exact) mass is 567 g/mol. The average molecular weight is 568 g/mol. The maximum absolute atomic E-state index is 9.98. The van der Waals surface area contributed by atoms with Crippen molar-refractivity contribution in [1.29, 1.82) is 0 Å². The Kier molecular flexibility index (Phi) is 2.46. The summed E-state index contributed by atoms with van der Waals surface area (Å²) in [5, 5.41) is -3.95. The zero-order valence-corrected chi connectivity index (χ0v) is 21.8. The molecule has 43 heavy (non-hydrogen) atoms. The first-order valence-corrected chi connectivity index (χ1v) is 13.1. The van der Waals surface area contributed by atoms with Crippen LogP contribution in [0.3, 0.4) is 0 Å². The van der Waals surface area contributed by atoms with Gasteiger partial charge >= 0.3 is 0 Å². The van der Waals surface area contributed by atoms with Crippen molar-refractivity contribution in [3.63, 3.8) is 0 Å². The van der Waals surface area contributed by atoms with Gasteiger partial charge in [-0.05, 0) is 66.7 Å². The van der Waals surface area contributed by atoms with Crippen LogP contribution < -0.4 is 0 Å². The number of para-hydroxylation sites is 2. The molecule has 0 fully saturated rings. The van der Waals surface area contributed by atoms with Gasteiger partial charge < -0.3 is 4.42 Å². The largest absolute Gasteiger partial charge is 0.455 e. The molecule has 1 heterocycles. The highest BCUT2D eigenvalue weighted by Crippen LogP contribution is 2.48. The predicted molar refractivity (Wildman–Crippen MR) is 183 cm³/mol. The fourth-order valence-electron chi connectivity index (χ4n) is 5.47. The first-order valence-electron chi connectivity index (χ1n) is 23.6. The summed E-state index contributed by atoms with van der Waals surface area (Å²) in [6, 6.07) is -8.47. The van der Waals surface area contributed by atoms with Crippen molar-refractivity contribution in [2.24, 2.45) is 0 Å². The molecule has 0 aliphatic carbocycles. The molecule has 9 rings (SSSR count). The molecule has 0 bridgehead atoms. The van der Waals surface area contributed by atoms with Gasteiger partial charge in [0.2, 0.25) is 0 Å². The molecular formula is C42H26O. The van der Waals surface area contributed by atoms with Crippen LogP contribution >= 0.6 is 0 Å². The Morgan fingerprint density at radius 3 is 1.86 bits per heavy atom. The van der Waals surface area contributed by atoms with Gasteiger partial charge in [0.1, 0.15) is 11.2 Å². The predicted octanol–water partition coefficient (Wildman–Crippen LogP) is 12.0. The summed E-state index contributed by atoms with van der Waals surface area (Å²) in [6.07, 6.45) is 0. The zero-order valence-electron chi connectivity index (χ0n) is 42.8. The fourth-order valence-corrected chi connectivity index (χ4v) is 5.47. The van der Waals surface area contributed by atoms with Crippen LogP contribution in [0.4, 0.5) is 0 Å². The molecule has 9 aromatic rings. The van der Waals surface area contributed by atoms with Crippen molar-refractivity contribution in [3.8, 4) is 33.4 Å². The van der Waals surface area contributed by atoms with Gasteiger partial charge in [0, 0.05) is 21.9 Å². The highest BCUT2D eigenvalue weighted by Gasteiger charge is 2.21. The maximum Gasteiger partial charge on any atom is 0.143 e. The minimum Gasteiger partial charge on any atom is -0.455 e. The van der Waals surface area contributed by atoms with E-state index in [9.17, 15) is 9.60 Å². The van der Waals surface area contributed by atoms with Gasteiger partial charge in [-0.2, -0.15) is 0 Å². The van der Waals surface area contributed by atoms with Crippen molar-refractivity contribution in [1.82, 2.24) is 0 Å². The standard InChI is InChI=1S/C42H26O/c1-2-12-27(13-3-1)29-24-25-35-38(26-29)41(37-22-11-21-36-31-17-8-9-23-39(31)43-42(36)37)34-19-7-6-18-33(34)40(35)32-20-10-15-28-14-4-5-16-30(28)32/h1-26H/i4D,5D,6D,7D,8D,9D,10D,11D,14D,15D,16D,17D,18D,19D,20D,21D,22D,23D,24D,25D,26D. The lowest BCUT2D eigenvalue weighted by Gasteiger charge is -2.19. The number of benzene rings is 8. The minimum absolute atomic E-state index is 0.207. The summed E-state index contributed by atoms with van der Waals surface area (Å²) in [4.78, 5) is 0. The molecule has 1 aromatic heterocycles. The van der Waals surface area contributed by atoms with E-state index in [0.29, 0.717) is 0 Å². The van der Waals surface area contributed by atoms with Crippen LogP contribution in [-0.2, 0) is 0 Å². The Morgan fingerprint density at radius 2 is 1.02 bits per heavy atom. The minimum atomic E-state index is -0.888. The van der Waals surface area contributed by atoms with Gasteiger partial charge in [-0.15, -0.1) is 0 Å². The van der Waals surface area contributed by atoms with Crippen molar-refractivity contribution < 1.29 is 33.2 Å². The SMILES string of the molecule is [2H]c1c([2H])c([2H])c2c(oc3c(-c4c5c([2H])c([2H])c([2H])c([2H])c5c(-c5c([2H])c([2H])c([2H])c6c([2H])c([2H])c([2H])c([2H])c56)c5c([2H])c([2H])c(-c6ccccc6)c([2H])c45)c([2H])c([2H])c([2H])c32)c1[2H]. The van der Waals surface area contributed by atoms with Crippen LogP contribution in [0.5, 0.6) is 0 Å². The normalized spacial score (nSPS) is 18.6. The molecule has 0 atom stereocenters. The van der Waals surface area contributed by atoms with E-state index in [0.717, 1.165) is 0 Å². The van der Waals surface area contributed by atoms with Gasteiger partial charge in [-0.1, -0.05) is 145 Å². The molecule has 1 nitrogen and oxygen atoms in total. The van der Waals surface area contributed by atoms with E-state index < -0.39 is 193 Å². The summed E-state index contributed by atoms with van der Waals surface area (Å²) in [5.41, 5.74) is -3.18. The lowest BCUT2D eigenvalue weighted by atomic mass is 9.83. The lowest BCUT2D eigenvalue weighted by molar-refractivity contribution is 0.670. The van der Waals surface area contributed by atoms with E-state index in [1.54, 1.807) is 18.2 Å². The zero-order chi connectivity index (χ0) is 46.6. The molecule has 200 valence electrons. The number of hydrogen-bond donors (Lipinski definition) is 0. The quantitative estimate of drug-likeness (QED) is 0.194. The summed E-state index contributed by atoms with van der Waals surface area (Å²) in [6.45, 7) is 0. The summed E-state index contributed by atoms with van der Waals surface area (Å²) < 4.78 is 196. The third-order valence-electron chi connectivity index (χ3n) is 7.31. The van der Waals surface area contributed by atoms with E-state index in [2.05, 4.69) is 0 Å². The molecule has 0 aliphatic rings. The van der Waals surface area contributed by atoms with Crippen molar-refractivity contribution in [2.75, 3.05) is 0 Å². The molecule has 0 N–H and O–H groups in total. The second-order valence-electron chi connectivity index (χ2n) is 9.63. The van der Waals surface area contributed by atoms with Gasteiger partial charge in [0.05, 0.1) is 28.8 Å². The molecule has 0 saturated carbocycles. The lowest BCUT2D eigenvalue weighted by Crippen LogP contribution is -1.92. The topological polar surface area (TPSA) is 13.1 Å². The van der Waals surface area contributed by atoms with Crippen LogP contribution in [0.15, 0.2) is 162 Å². The number of hydrogen-bond acceptors (Lipinski definition) is 1. The van der Waals surface area contributed by atoms with E-state index in [1.807, 2.05) is 0 Å². The highest BCUT2D eigenvalue weighted by molar-refractivity contribution is 6.26. The number of furan rings is 1. The fraction of sp³-hybridized carbons (Fsp3) is 0. The number of fused-ring (bicyclic) bond motifs is 6.